The number of hydrogen-bond acceptors (Lipinski definition) is 5. The Balaban J connectivity index is 1.66. The van der Waals surface area contributed by atoms with E-state index in [-0.39, 0.29) is 25.3 Å². The van der Waals surface area contributed by atoms with Crippen LogP contribution in [0.25, 0.3) is 10.8 Å². The molecule has 8 nitrogen and oxygen atoms in total. The predicted molar refractivity (Wildman–Crippen MR) is 188 cm³/mol. The van der Waals surface area contributed by atoms with Gasteiger partial charge in [-0.1, -0.05) is 54.1 Å². The van der Waals surface area contributed by atoms with Crippen LogP contribution in [0.1, 0.15) is 43.9 Å². The molecule has 0 saturated carbocycles. The van der Waals surface area contributed by atoms with Crippen LogP contribution in [-0.4, -0.2) is 70.8 Å². The predicted octanol–water partition coefficient (Wildman–Crippen LogP) is 5.38. The molecule has 49 heavy (non-hydrogen) atoms. The Morgan fingerprint density at radius 2 is 1.47 bits per heavy atom. The molecule has 0 aliphatic carbocycles. The number of carbonyl (C=O) groups excluding carboxylic acids is 3. The highest BCUT2D eigenvalue weighted by Crippen LogP contribution is 2.21. The Morgan fingerprint density at radius 3 is 2.14 bits per heavy atom. The lowest BCUT2D eigenvalue weighted by Gasteiger charge is -2.34. The van der Waals surface area contributed by atoms with Crippen molar-refractivity contribution < 1.29 is 23.2 Å². The van der Waals surface area contributed by atoms with Crippen molar-refractivity contribution in [2.24, 2.45) is 5.73 Å². The number of fused-ring (bicyclic) bond motifs is 1. The second-order valence-electron chi connectivity index (χ2n) is 13.3. The molecule has 4 aromatic rings. The molecule has 0 radical (unpaired) electrons. The molecule has 3 N–H and O–H groups in total. The van der Waals surface area contributed by atoms with Crippen LogP contribution < -0.4 is 11.1 Å². The van der Waals surface area contributed by atoms with Gasteiger partial charge in [-0.05, 0) is 85.3 Å². The fraction of sp³-hybridized carbons (Fsp3) is 0.333. The number of benzene rings is 3. The second kappa shape index (κ2) is 16.4. The van der Waals surface area contributed by atoms with E-state index in [4.69, 9.17) is 5.73 Å². The summed E-state index contributed by atoms with van der Waals surface area (Å²) in [6, 6.07) is 18.7. The maximum atomic E-state index is 14.5. The van der Waals surface area contributed by atoms with Gasteiger partial charge in [0.25, 0.3) is 0 Å². The van der Waals surface area contributed by atoms with Gasteiger partial charge in [0.1, 0.15) is 12.1 Å². The lowest BCUT2D eigenvalue weighted by atomic mass is 9.96. The molecule has 0 fully saturated rings. The van der Waals surface area contributed by atoms with Crippen LogP contribution in [0.15, 0.2) is 96.8 Å². The van der Waals surface area contributed by atoms with Crippen LogP contribution in [-0.2, 0) is 33.6 Å². The van der Waals surface area contributed by atoms with Gasteiger partial charge in [0.05, 0.1) is 0 Å². The number of amides is 3. The molecule has 4 rings (SSSR count). The third-order valence-corrected chi connectivity index (χ3v) is 8.44. The lowest BCUT2D eigenvalue weighted by molar-refractivity contribution is -0.146. The molecule has 1 aromatic heterocycles. The van der Waals surface area contributed by atoms with Crippen LogP contribution in [0.3, 0.4) is 0 Å². The van der Waals surface area contributed by atoms with Crippen molar-refractivity contribution in [2.75, 3.05) is 20.6 Å². The largest absolute Gasteiger partial charge is 0.354 e. The maximum Gasteiger partial charge on any atom is 0.246 e. The fourth-order valence-corrected chi connectivity index (χ4v) is 5.90. The monoisotopic (exact) mass is 669 g/mol. The van der Waals surface area contributed by atoms with E-state index in [1.807, 2.05) is 75.4 Å². The smallest absolute Gasteiger partial charge is 0.246 e. The molecule has 0 bridgehead atoms. The highest BCUT2D eigenvalue weighted by atomic mass is 19.2. The number of pyridine rings is 1. The van der Waals surface area contributed by atoms with Crippen molar-refractivity contribution in [1.82, 2.24) is 20.1 Å². The standard InChI is InChI=1S/C39H45F2N5O3/c1-26(25-39(2,3)42)20-36(47)45(4)35(24-28-10-12-30-8-6-7-9-31(30)21-28)38(49)46(5)34(23-29-11-13-32(40)33(41)22-29)37(48)44-19-16-27-14-17-43-18-15-27/h6-15,17-18,20-22,34-35H,16,19,23-25,42H2,1-5H3,(H,44,48)/t34-,35-/m1/s1. The Kier molecular flexibility index (Phi) is 12.4. The molecule has 0 aliphatic heterocycles. The summed E-state index contributed by atoms with van der Waals surface area (Å²) in [4.78, 5) is 48.6. The maximum absolute atomic E-state index is 14.5. The second-order valence-corrected chi connectivity index (χ2v) is 13.3. The van der Waals surface area contributed by atoms with Gasteiger partial charge in [0.15, 0.2) is 11.6 Å². The summed E-state index contributed by atoms with van der Waals surface area (Å²) < 4.78 is 28.0. The zero-order chi connectivity index (χ0) is 35.7. The third kappa shape index (κ3) is 10.5. The quantitative estimate of drug-likeness (QED) is 0.175. The number of aromatic nitrogens is 1. The van der Waals surface area contributed by atoms with Gasteiger partial charge in [-0.3, -0.25) is 19.4 Å². The number of hydrogen-bond donors (Lipinski definition) is 2. The van der Waals surface area contributed by atoms with E-state index < -0.39 is 41.1 Å². The third-order valence-electron chi connectivity index (χ3n) is 8.44. The number of carbonyl (C=O) groups is 3. The molecule has 0 spiro atoms. The first-order valence-electron chi connectivity index (χ1n) is 16.3. The van der Waals surface area contributed by atoms with Gasteiger partial charge in [-0.2, -0.15) is 0 Å². The molecule has 258 valence electrons. The summed E-state index contributed by atoms with van der Waals surface area (Å²) in [6.07, 6.45) is 5.91. The van der Waals surface area contributed by atoms with E-state index >= 15 is 0 Å². The lowest BCUT2D eigenvalue weighted by Crippen LogP contribution is -2.56. The highest BCUT2D eigenvalue weighted by Gasteiger charge is 2.35. The summed E-state index contributed by atoms with van der Waals surface area (Å²) in [5.41, 5.74) is 8.55. The van der Waals surface area contributed by atoms with Crippen molar-refractivity contribution in [1.29, 1.82) is 0 Å². The van der Waals surface area contributed by atoms with E-state index in [1.165, 1.54) is 29.0 Å². The summed E-state index contributed by atoms with van der Waals surface area (Å²) in [6.45, 7) is 5.84. The van der Waals surface area contributed by atoms with Gasteiger partial charge in [-0.15, -0.1) is 0 Å². The summed E-state index contributed by atoms with van der Waals surface area (Å²) in [7, 11) is 3.06. The molecular formula is C39H45F2N5O3. The van der Waals surface area contributed by atoms with E-state index in [9.17, 15) is 23.2 Å². The average molecular weight is 670 g/mol. The zero-order valence-electron chi connectivity index (χ0n) is 28.8. The SMILES string of the molecule is CC(=CC(=O)N(C)[C@H](Cc1ccc2ccccc2c1)C(=O)N(C)[C@H](Cc1ccc(F)c(F)c1)C(=O)NCCc1ccncc1)CC(C)(C)N. The van der Waals surface area contributed by atoms with Crippen molar-refractivity contribution >= 4 is 28.5 Å². The van der Waals surface area contributed by atoms with Crippen molar-refractivity contribution in [3.05, 3.63) is 125 Å². The first kappa shape index (κ1) is 36.9. The minimum absolute atomic E-state index is 0.0779. The van der Waals surface area contributed by atoms with Crippen molar-refractivity contribution in [3.63, 3.8) is 0 Å². The molecule has 3 aromatic carbocycles. The normalized spacial score (nSPS) is 13.1. The summed E-state index contributed by atoms with van der Waals surface area (Å²) >= 11 is 0. The first-order valence-corrected chi connectivity index (χ1v) is 16.3. The Labute approximate surface area is 287 Å². The molecule has 0 unspecified atom stereocenters. The number of likely N-dealkylation sites (N-methyl/N-ethyl adjacent to an activating group) is 2. The van der Waals surface area contributed by atoms with E-state index in [0.717, 1.165) is 39.6 Å². The summed E-state index contributed by atoms with van der Waals surface area (Å²) in [5, 5.41) is 4.92. The van der Waals surface area contributed by atoms with Crippen LogP contribution in [0.2, 0.25) is 0 Å². The average Bonchev–Trinajstić information content (AvgIpc) is 3.06. The number of nitrogens with two attached hydrogens (primary N) is 1. The fourth-order valence-electron chi connectivity index (χ4n) is 5.90. The molecule has 0 aliphatic rings. The van der Waals surface area contributed by atoms with Gasteiger partial charge < -0.3 is 20.9 Å². The highest BCUT2D eigenvalue weighted by molar-refractivity contribution is 5.95. The molecule has 10 heteroatoms. The summed E-state index contributed by atoms with van der Waals surface area (Å²) in [5.74, 6) is -3.39. The molecular weight excluding hydrogens is 624 g/mol. The van der Waals surface area contributed by atoms with Gasteiger partial charge >= 0.3 is 0 Å². The molecule has 3 amide bonds. The zero-order valence-corrected chi connectivity index (χ0v) is 28.8. The Bertz CT molecular complexity index is 1810. The molecule has 2 atom stereocenters. The Hall–Kier alpha value is -4.96. The van der Waals surface area contributed by atoms with Crippen molar-refractivity contribution in [3.8, 4) is 0 Å². The minimum Gasteiger partial charge on any atom is -0.354 e. The topological polar surface area (TPSA) is 109 Å². The van der Waals surface area contributed by atoms with Gasteiger partial charge in [0.2, 0.25) is 17.7 Å². The van der Waals surface area contributed by atoms with E-state index in [1.54, 1.807) is 19.4 Å². The van der Waals surface area contributed by atoms with Crippen LogP contribution in [0, 0.1) is 11.6 Å². The number of halogens is 2. The van der Waals surface area contributed by atoms with Crippen LogP contribution in [0.5, 0.6) is 0 Å². The van der Waals surface area contributed by atoms with Gasteiger partial charge in [-0.25, -0.2) is 8.78 Å². The molecule has 1 heterocycles. The van der Waals surface area contributed by atoms with Crippen LogP contribution >= 0.6 is 0 Å². The van der Waals surface area contributed by atoms with E-state index in [2.05, 4.69) is 10.3 Å². The van der Waals surface area contributed by atoms with Gasteiger partial charge in [0, 0.05) is 57.5 Å². The minimum atomic E-state index is -1.09. The number of nitrogens with one attached hydrogen (secondary N) is 1. The van der Waals surface area contributed by atoms with Crippen molar-refractivity contribution in [2.45, 2.75) is 64.1 Å². The molecule has 0 saturated heterocycles. The number of nitrogens with zero attached hydrogens (tertiary/aromatic N) is 3. The Morgan fingerprint density at radius 1 is 0.837 bits per heavy atom. The van der Waals surface area contributed by atoms with Crippen LogP contribution in [0.4, 0.5) is 8.78 Å². The van der Waals surface area contributed by atoms with E-state index in [0.29, 0.717) is 18.4 Å². The number of rotatable bonds is 14. The first-order chi connectivity index (χ1) is 23.2.